The van der Waals surface area contributed by atoms with Crippen LogP contribution in [0.5, 0.6) is 0 Å². The van der Waals surface area contributed by atoms with E-state index in [-0.39, 0.29) is 11.6 Å². The Hall–Kier alpha value is -2.28. The van der Waals surface area contributed by atoms with E-state index in [1.807, 2.05) is 0 Å². The molecule has 0 radical (unpaired) electrons. The van der Waals surface area contributed by atoms with Crippen LogP contribution in [-0.4, -0.2) is 27.7 Å². The van der Waals surface area contributed by atoms with Crippen molar-refractivity contribution in [1.29, 1.82) is 0 Å². The van der Waals surface area contributed by atoms with Crippen LogP contribution < -0.4 is 5.32 Å². The Labute approximate surface area is 121 Å². The molecule has 3 rings (SSSR count). The number of nitrogens with one attached hydrogen (secondary N) is 1. The first kappa shape index (κ1) is 13.7. The zero-order valence-corrected chi connectivity index (χ0v) is 11.7. The van der Waals surface area contributed by atoms with E-state index in [0.717, 1.165) is 6.54 Å². The van der Waals surface area contributed by atoms with Crippen molar-refractivity contribution in [2.24, 2.45) is 0 Å². The van der Waals surface area contributed by atoms with Crippen molar-refractivity contribution in [3.63, 3.8) is 0 Å². The van der Waals surface area contributed by atoms with Gasteiger partial charge in [-0.3, -0.25) is 10.1 Å². The lowest BCUT2D eigenvalue weighted by molar-refractivity contribution is -0.384. The number of nitro groups is 1. The quantitative estimate of drug-likeness (QED) is 0.647. The molecule has 1 N–H and O–H groups in total. The summed E-state index contributed by atoms with van der Waals surface area (Å²) >= 11 is 0. The minimum absolute atomic E-state index is 0.0174. The van der Waals surface area contributed by atoms with Crippen LogP contribution in [0.4, 0.5) is 5.69 Å². The molecule has 2 aromatic rings. The summed E-state index contributed by atoms with van der Waals surface area (Å²) in [4.78, 5) is 10.8. The van der Waals surface area contributed by atoms with Crippen LogP contribution in [-0.2, 0) is 6.42 Å². The number of benzene rings is 1. The van der Waals surface area contributed by atoms with E-state index < -0.39 is 4.92 Å². The Morgan fingerprint density at radius 2 is 2.24 bits per heavy atom. The van der Waals surface area contributed by atoms with E-state index >= 15 is 0 Å². The fraction of sp³-hybridized carbons (Fsp3) is 0.429. The lowest BCUT2D eigenvalue weighted by Gasteiger charge is -2.01. The van der Waals surface area contributed by atoms with Gasteiger partial charge in [-0.15, -0.1) is 10.2 Å². The van der Waals surface area contributed by atoms with E-state index in [4.69, 9.17) is 4.42 Å². The van der Waals surface area contributed by atoms with Gasteiger partial charge in [-0.1, -0.05) is 12.1 Å². The van der Waals surface area contributed by atoms with E-state index in [1.165, 1.54) is 12.8 Å². The van der Waals surface area contributed by atoms with Gasteiger partial charge < -0.3 is 9.73 Å². The van der Waals surface area contributed by atoms with Crippen molar-refractivity contribution < 1.29 is 9.34 Å². The molecule has 7 nitrogen and oxygen atoms in total. The standard InChI is InChI=1S/C14H16N4O3/c1-9-3-2-4-11(13(9)18(19)20)14-17-16-12(21-14)7-8-15-10-5-6-10/h2-4,10,15H,5-8H2,1H3. The van der Waals surface area contributed by atoms with Crippen LogP contribution in [0.3, 0.4) is 0 Å². The fourth-order valence-corrected chi connectivity index (χ4v) is 2.21. The molecular formula is C14H16N4O3. The average Bonchev–Trinajstić information content (AvgIpc) is 3.14. The number of nitro benzene ring substituents is 1. The Balaban J connectivity index is 1.79. The van der Waals surface area contributed by atoms with Crippen LogP contribution in [0.15, 0.2) is 22.6 Å². The first-order valence-electron chi connectivity index (χ1n) is 6.95. The van der Waals surface area contributed by atoms with Gasteiger partial charge in [0.2, 0.25) is 5.89 Å². The van der Waals surface area contributed by atoms with Gasteiger partial charge in [0.15, 0.2) is 0 Å². The summed E-state index contributed by atoms with van der Waals surface area (Å²) < 4.78 is 5.55. The Morgan fingerprint density at radius 1 is 1.43 bits per heavy atom. The normalized spacial score (nSPS) is 14.3. The number of para-hydroxylation sites is 1. The maximum absolute atomic E-state index is 11.2. The summed E-state index contributed by atoms with van der Waals surface area (Å²) in [6, 6.07) is 5.70. The molecule has 1 aromatic carbocycles. The SMILES string of the molecule is Cc1cccc(-c2nnc(CCNC3CC3)o2)c1[N+](=O)[O-]. The third-order valence-electron chi connectivity index (χ3n) is 3.47. The highest BCUT2D eigenvalue weighted by molar-refractivity contribution is 5.69. The minimum Gasteiger partial charge on any atom is -0.420 e. The lowest BCUT2D eigenvalue weighted by Crippen LogP contribution is -2.19. The van der Waals surface area contributed by atoms with Gasteiger partial charge in [0.05, 0.1) is 4.92 Å². The van der Waals surface area contributed by atoms with Crippen molar-refractivity contribution in [2.75, 3.05) is 6.54 Å². The molecule has 0 bridgehead atoms. The van der Waals surface area contributed by atoms with Crippen molar-refractivity contribution in [1.82, 2.24) is 15.5 Å². The largest absolute Gasteiger partial charge is 0.420 e. The molecule has 1 aliphatic carbocycles. The van der Waals surface area contributed by atoms with E-state index in [1.54, 1.807) is 25.1 Å². The number of hydrogen-bond acceptors (Lipinski definition) is 6. The van der Waals surface area contributed by atoms with Gasteiger partial charge in [-0.2, -0.15) is 0 Å². The van der Waals surface area contributed by atoms with Gasteiger partial charge in [0, 0.05) is 24.6 Å². The predicted molar refractivity (Wildman–Crippen MR) is 75.9 cm³/mol. The van der Waals surface area contributed by atoms with Gasteiger partial charge in [0.25, 0.3) is 11.6 Å². The molecule has 0 unspecified atom stereocenters. The Morgan fingerprint density at radius 3 is 2.95 bits per heavy atom. The third-order valence-corrected chi connectivity index (χ3v) is 3.47. The smallest absolute Gasteiger partial charge is 0.284 e. The summed E-state index contributed by atoms with van der Waals surface area (Å²) in [5.74, 6) is 0.695. The summed E-state index contributed by atoms with van der Waals surface area (Å²) in [7, 11) is 0. The molecule has 110 valence electrons. The van der Waals surface area contributed by atoms with Gasteiger partial charge >= 0.3 is 0 Å². The molecular weight excluding hydrogens is 272 g/mol. The highest BCUT2D eigenvalue weighted by Gasteiger charge is 2.23. The fourth-order valence-electron chi connectivity index (χ4n) is 2.21. The lowest BCUT2D eigenvalue weighted by atomic mass is 10.1. The van der Waals surface area contributed by atoms with E-state index in [9.17, 15) is 10.1 Å². The van der Waals surface area contributed by atoms with Gasteiger partial charge in [-0.25, -0.2) is 0 Å². The van der Waals surface area contributed by atoms with Crippen LogP contribution in [0, 0.1) is 17.0 Å². The highest BCUT2D eigenvalue weighted by Crippen LogP contribution is 2.31. The monoisotopic (exact) mass is 288 g/mol. The number of aromatic nitrogens is 2. The highest BCUT2D eigenvalue weighted by atomic mass is 16.6. The molecule has 0 spiro atoms. The summed E-state index contributed by atoms with van der Waals surface area (Å²) in [6.07, 6.45) is 3.08. The zero-order chi connectivity index (χ0) is 14.8. The van der Waals surface area contributed by atoms with E-state index in [2.05, 4.69) is 15.5 Å². The van der Waals surface area contributed by atoms with Crippen molar-refractivity contribution in [3.05, 3.63) is 39.8 Å². The van der Waals surface area contributed by atoms with Crippen molar-refractivity contribution >= 4 is 5.69 Å². The number of rotatable bonds is 6. The molecule has 0 atom stereocenters. The van der Waals surface area contributed by atoms with E-state index in [0.29, 0.717) is 29.5 Å². The maximum atomic E-state index is 11.2. The van der Waals surface area contributed by atoms with Crippen molar-refractivity contribution in [3.8, 4) is 11.5 Å². The first-order valence-corrected chi connectivity index (χ1v) is 6.95. The minimum atomic E-state index is -0.414. The molecule has 7 heteroatoms. The molecule has 1 aromatic heterocycles. The number of hydrogen-bond donors (Lipinski definition) is 1. The summed E-state index contributed by atoms with van der Waals surface area (Å²) in [5, 5.41) is 22.4. The second-order valence-electron chi connectivity index (χ2n) is 5.21. The Bertz CT molecular complexity index is 664. The molecule has 0 aliphatic heterocycles. The number of nitrogens with zero attached hydrogens (tertiary/aromatic N) is 3. The first-order chi connectivity index (χ1) is 10.1. The van der Waals surface area contributed by atoms with Crippen LogP contribution >= 0.6 is 0 Å². The Kier molecular flexibility index (Phi) is 3.66. The second-order valence-corrected chi connectivity index (χ2v) is 5.21. The van der Waals surface area contributed by atoms with Gasteiger partial charge in [-0.05, 0) is 25.8 Å². The summed E-state index contributed by atoms with van der Waals surface area (Å²) in [5.41, 5.74) is 0.963. The molecule has 0 saturated heterocycles. The molecule has 0 amide bonds. The second kappa shape index (κ2) is 5.61. The number of aryl methyl sites for hydroxylation is 1. The zero-order valence-electron chi connectivity index (χ0n) is 11.7. The molecule has 1 saturated carbocycles. The van der Waals surface area contributed by atoms with Crippen LogP contribution in [0.2, 0.25) is 0 Å². The predicted octanol–water partition coefficient (Wildman–Crippen LogP) is 2.25. The van der Waals surface area contributed by atoms with Gasteiger partial charge in [0.1, 0.15) is 5.56 Å². The maximum Gasteiger partial charge on any atom is 0.284 e. The third kappa shape index (κ3) is 3.08. The topological polar surface area (TPSA) is 94.1 Å². The average molecular weight is 288 g/mol. The molecule has 1 heterocycles. The summed E-state index contributed by atoms with van der Waals surface area (Å²) in [6.45, 7) is 2.47. The molecule has 1 fully saturated rings. The van der Waals surface area contributed by atoms with Crippen LogP contribution in [0.25, 0.3) is 11.5 Å². The van der Waals surface area contributed by atoms with Crippen LogP contribution in [0.1, 0.15) is 24.3 Å². The van der Waals surface area contributed by atoms with Crippen molar-refractivity contribution in [2.45, 2.75) is 32.2 Å². The molecule has 1 aliphatic rings. The molecule has 21 heavy (non-hydrogen) atoms.